The van der Waals surface area contributed by atoms with Gasteiger partial charge in [0.05, 0.1) is 12.1 Å². The van der Waals surface area contributed by atoms with E-state index in [-0.39, 0.29) is 5.54 Å². The van der Waals surface area contributed by atoms with E-state index in [4.69, 9.17) is 5.73 Å². The zero-order valence-corrected chi connectivity index (χ0v) is 12.5. The Morgan fingerprint density at radius 3 is 2.80 bits per heavy atom. The fraction of sp³-hybridized carbons (Fsp3) is 0.562. The Morgan fingerprint density at radius 2 is 2.00 bits per heavy atom. The highest BCUT2D eigenvalue weighted by Crippen LogP contribution is 2.37. The van der Waals surface area contributed by atoms with E-state index in [9.17, 15) is 0 Å². The molecule has 1 aromatic rings. The lowest BCUT2D eigenvalue weighted by Gasteiger charge is -2.39. The molecule has 0 aliphatic carbocycles. The van der Waals surface area contributed by atoms with Crippen LogP contribution < -0.4 is 10.6 Å². The number of anilines is 1. The highest BCUT2D eigenvalue weighted by atomic mass is 15.4. The van der Waals surface area contributed by atoms with Crippen LogP contribution in [0.5, 0.6) is 0 Å². The van der Waals surface area contributed by atoms with Crippen LogP contribution in [-0.2, 0) is 0 Å². The van der Waals surface area contributed by atoms with Crippen molar-refractivity contribution in [2.45, 2.75) is 31.7 Å². The Kier molecular flexibility index (Phi) is 3.42. The molecular weight excluding hydrogens is 248 g/mol. The van der Waals surface area contributed by atoms with Gasteiger partial charge in [0, 0.05) is 12.2 Å². The van der Waals surface area contributed by atoms with E-state index >= 15 is 0 Å². The lowest BCUT2D eigenvalue weighted by molar-refractivity contribution is 0.334. The number of nitrogens with zero attached hydrogens (tertiary/aromatic N) is 3. The first-order valence-electron chi connectivity index (χ1n) is 7.47. The van der Waals surface area contributed by atoms with Crippen molar-refractivity contribution in [2.75, 3.05) is 31.6 Å². The highest BCUT2D eigenvalue weighted by Gasteiger charge is 2.43. The molecule has 0 aromatic heterocycles. The monoisotopic (exact) mass is 272 g/mol. The minimum Gasteiger partial charge on any atom is -0.369 e. The molecule has 0 saturated carbocycles. The van der Waals surface area contributed by atoms with Crippen molar-refractivity contribution in [3.8, 4) is 0 Å². The van der Waals surface area contributed by atoms with Crippen molar-refractivity contribution < 1.29 is 0 Å². The van der Waals surface area contributed by atoms with Gasteiger partial charge in [-0.15, -0.1) is 0 Å². The van der Waals surface area contributed by atoms with Crippen LogP contribution in [0, 0.1) is 6.92 Å². The molecule has 2 heterocycles. The first-order valence-corrected chi connectivity index (χ1v) is 7.47. The zero-order valence-electron chi connectivity index (χ0n) is 12.5. The quantitative estimate of drug-likeness (QED) is 0.850. The van der Waals surface area contributed by atoms with Crippen LogP contribution in [0.25, 0.3) is 0 Å². The van der Waals surface area contributed by atoms with Crippen LogP contribution in [0.2, 0.25) is 0 Å². The van der Waals surface area contributed by atoms with Crippen LogP contribution in [0.4, 0.5) is 5.69 Å². The highest BCUT2D eigenvalue weighted by molar-refractivity contribution is 5.99. The maximum Gasteiger partial charge on any atom is 0.196 e. The zero-order chi connectivity index (χ0) is 14.2. The number of likely N-dealkylation sites (tertiary alicyclic amines) is 1. The summed E-state index contributed by atoms with van der Waals surface area (Å²) in [4.78, 5) is 9.30. The molecule has 1 unspecified atom stereocenters. The van der Waals surface area contributed by atoms with Gasteiger partial charge in [0.2, 0.25) is 0 Å². The van der Waals surface area contributed by atoms with Gasteiger partial charge in [-0.1, -0.05) is 18.2 Å². The maximum atomic E-state index is 6.23. The molecule has 1 spiro atoms. The smallest absolute Gasteiger partial charge is 0.196 e. The van der Waals surface area contributed by atoms with Gasteiger partial charge in [-0.3, -0.25) is 4.99 Å². The number of rotatable bonds is 1. The number of hydrogen-bond acceptors (Lipinski definition) is 4. The lowest BCUT2D eigenvalue weighted by atomic mass is 9.88. The van der Waals surface area contributed by atoms with E-state index in [1.54, 1.807) is 0 Å². The predicted molar refractivity (Wildman–Crippen MR) is 84.2 cm³/mol. The van der Waals surface area contributed by atoms with E-state index in [0.717, 1.165) is 25.9 Å². The minimum atomic E-state index is 0.0843. The second-order valence-corrected chi connectivity index (χ2v) is 6.18. The van der Waals surface area contributed by atoms with Crippen molar-refractivity contribution in [2.24, 2.45) is 10.7 Å². The second-order valence-electron chi connectivity index (χ2n) is 6.18. The third-order valence-electron chi connectivity index (χ3n) is 4.74. The Morgan fingerprint density at radius 1 is 1.20 bits per heavy atom. The summed E-state index contributed by atoms with van der Waals surface area (Å²) >= 11 is 0. The number of hydrogen-bond donors (Lipinski definition) is 1. The van der Waals surface area contributed by atoms with Gasteiger partial charge in [0.15, 0.2) is 5.96 Å². The topological polar surface area (TPSA) is 44.9 Å². The van der Waals surface area contributed by atoms with Crippen LogP contribution >= 0.6 is 0 Å². The fourth-order valence-electron chi connectivity index (χ4n) is 3.50. The van der Waals surface area contributed by atoms with Gasteiger partial charge < -0.3 is 15.5 Å². The summed E-state index contributed by atoms with van der Waals surface area (Å²) in [7, 11) is 2.20. The first kappa shape index (κ1) is 13.4. The van der Waals surface area contributed by atoms with E-state index in [1.165, 1.54) is 24.2 Å². The van der Waals surface area contributed by atoms with E-state index in [1.807, 2.05) is 0 Å². The molecule has 20 heavy (non-hydrogen) atoms. The average molecular weight is 272 g/mol. The normalized spacial score (nSPS) is 27.7. The Balaban J connectivity index is 1.98. The molecule has 0 amide bonds. The van der Waals surface area contributed by atoms with Gasteiger partial charge in [0.1, 0.15) is 0 Å². The SMILES string of the molecule is Cc1ccccc1N1C(N)=NCC12CCCN(C)CC2. The molecule has 0 radical (unpaired) electrons. The fourth-order valence-corrected chi connectivity index (χ4v) is 3.50. The molecule has 1 atom stereocenters. The molecule has 108 valence electrons. The molecule has 2 aliphatic heterocycles. The summed E-state index contributed by atoms with van der Waals surface area (Å²) in [6.45, 7) is 5.27. The van der Waals surface area contributed by atoms with Gasteiger partial charge in [-0.05, 0) is 51.4 Å². The summed E-state index contributed by atoms with van der Waals surface area (Å²) in [5, 5.41) is 0. The van der Waals surface area contributed by atoms with Gasteiger partial charge in [-0.2, -0.15) is 0 Å². The standard InChI is InChI=1S/C16H24N4/c1-13-6-3-4-7-14(13)20-15(17)18-12-16(20)8-5-10-19(2)11-9-16/h3-4,6-7H,5,8-12H2,1-2H3,(H2,17,18). The van der Waals surface area contributed by atoms with E-state index in [2.05, 4.69) is 53.0 Å². The van der Waals surface area contributed by atoms with Crippen molar-refractivity contribution >= 4 is 11.6 Å². The molecule has 1 fully saturated rings. The van der Waals surface area contributed by atoms with Crippen LogP contribution in [0.15, 0.2) is 29.3 Å². The molecule has 4 heteroatoms. The molecule has 1 saturated heterocycles. The lowest BCUT2D eigenvalue weighted by Crippen LogP contribution is -2.52. The molecule has 3 rings (SSSR count). The van der Waals surface area contributed by atoms with Crippen LogP contribution in [0.1, 0.15) is 24.8 Å². The number of guanidine groups is 1. The summed E-state index contributed by atoms with van der Waals surface area (Å²) in [5.41, 5.74) is 8.80. The van der Waals surface area contributed by atoms with Crippen LogP contribution in [-0.4, -0.2) is 43.1 Å². The van der Waals surface area contributed by atoms with E-state index in [0.29, 0.717) is 5.96 Å². The third kappa shape index (κ3) is 2.18. The average Bonchev–Trinajstić information content (AvgIpc) is 2.62. The maximum absolute atomic E-state index is 6.23. The minimum absolute atomic E-state index is 0.0843. The second kappa shape index (κ2) is 5.09. The van der Waals surface area contributed by atoms with Crippen molar-refractivity contribution in [1.29, 1.82) is 0 Å². The molecule has 1 aromatic carbocycles. The molecule has 2 aliphatic rings. The van der Waals surface area contributed by atoms with E-state index < -0.39 is 0 Å². The van der Waals surface area contributed by atoms with Gasteiger partial charge in [-0.25, -0.2) is 0 Å². The molecule has 0 bridgehead atoms. The number of para-hydroxylation sites is 1. The first-order chi connectivity index (χ1) is 9.62. The number of aliphatic imine (C=N–C) groups is 1. The van der Waals surface area contributed by atoms with Crippen molar-refractivity contribution in [3.05, 3.63) is 29.8 Å². The molecule has 4 nitrogen and oxygen atoms in total. The Bertz CT molecular complexity index is 525. The largest absolute Gasteiger partial charge is 0.369 e. The van der Waals surface area contributed by atoms with Gasteiger partial charge >= 0.3 is 0 Å². The van der Waals surface area contributed by atoms with Gasteiger partial charge in [0.25, 0.3) is 0 Å². The Labute approximate surface area is 121 Å². The number of benzene rings is 1. The van der Waals surface area contributed by atoms with Crippen molar-refractivity contribution in [1.82, 2.24) is 4.90 Å². The summed E-state index contributed by atoms with van der Waals surface area (Å²) in [5.74, 6) is 0.684. The summed E-state index contributed by atoms with van der Waals surface area (Å²) < 4.78 is 0. The Hall–Kier alpha value is -1.55. The molecular formula is C16H24N4. The number of aryl methyl sites for hydroxylation is 1. The van der Waals surface area contributed by atoms with Crippen molar-refractivity contribution in [3.63, 3.8) is 0 Å². The van der Waals surface area contributed by atoms with Crippen LogP contribution in [0.3, 0.4) is 0 Å². The summed E-state index contributed by atoms with van der Waals surface area (Å²) in [6, 6.07) is 8.48. The predicted octanol–water partition coefficient (Wildman–Crippen LogP) is 1.98. The third-order valence-corrected chi connectivity index (χ3v) is 4.74. The number of nitrogens with two attached hydrogens (primary N) is 1. The summed E-state index contributed by atoms with van der Waals surface area (Å²) in [6.07, 6.45) is 3.50. The molecule has 2 N–H and O–H groups in total.